The lowest BCUT2D eigenvalue weighted by molar-refractivity contribution is -0.115. The van der Waals surface area contributed by atoms with Crippen molar-refractivity contribution in [1.29, 1.82) is 0 Å². The number of anilines is 1. The molecule has 2 N–H and O–H groups in total. The van der Waals surface area contributed by atoms with E-state index < -0.39 is 28.8 Å². The Balaban J connectivity index is 1.36. The summed E-state index contributed by atoms with van der Waals surface area (Å²) in [5.74, 6) is -2.25. The quantitative estimate of drug-likeness (QED) is 0.184. The number of aryl methyl sites for hydroxylation is 1. The number of thiophene rings is 1. The van der Waals surface area contributed by atoms with Crippen molar-refractivity contribution in [2.75, 3.05) is 11.9 Å². The van der Waals surface area contributed by atoms with Gasteiger partial charge in [-0.1, -0.05) is 23.9 Å². The van der Waals surface area contributed by atoms with E-state index >= 15 is 0 Å². The summed E-state index contributed by atoms with van der Waals surface area (Å²) in [4.78, 5) is 39.7. The third kappa shape index (κ3) is 6.21. The summed E-state index contributed by atoms with van der Waals surface area (Å²) in [6, 6.07) is 11.2. The van der Waals surface area contributed by atoms with Crippen molar-refractivity contribution in [3.05, 3.63) is 87.6 Å². The average molecular weight is 612 g/mol. The summed E-state index contributed by atoms with van der Waals surface area (Å²) in [7, 11) is 0. The van der Waals surface area contributed by atoms with Gasteiger partial charge in [0, 0.05) is 10.6 Å². The summed E-state index contributed by atoms with van der Waals surface area (Å²) in [6.45, 7) is 3.54. The predicted molar refractivity (Wildman–Crippen MR) is 155 cm³/mol. The van der Waals surface area contributed by atoms with Crippen LogP contribution >= 0.6 is 23.1 Å². The molecule has 13 heteroatoms. The molecule has 4 aromatic rings. The molecule has 2 aromatic heterocycles. The Bertz CT molecular complexity index is 1640. The second-order valence-corrected chi connectivity index (χ2v) is 11.8. The molecule has 1 aliphatic rings. The van der Waals surface area contributed by atoms with Gasteiger partial charge < -0.3 is 15.4 Å². The minimum Gasteiger partial charge on any atom is -0.462 e. The van der Waals surface area contributed by atoms with Crippen molar-refractivity contribution in [3.63, 3.8) is 0 Å². The van der Waals surface area contributed by atoms with Crippen LogP contribution < -0.4 is 10.6 Å². The molecule has 218 valence electrons. The van der Waals surface area contributed by atoms with E-state index in [2.05, 4.69) is 20.8 Å². The zero-order chi connectivity index (χ0) is 29.8. The molecule has 2 amide bonds. The molecule has 9 nitrogen and oxygen atoms in total. The summed E-state index contributed by atoms with van der Waals surface area (Å²) in [6.07, 6.45) is 2.57. The summed E-state index contributed by atoms with van der Waals surface area (Å²) in [5.41, 5.74) is 1.74. The lowest BCUT2D eigenvalue weighted by Crippen LogP contribution is -2.26. The van der Waals surface area contributed by atoms with Crippen molar-refractivity contribution in [2.24, 2.45) is 0 Å². The zero-order valence-corrected chi connectivity index (χ0v) is 24.4. The van der Waals surface area contributed by atoms with Crippen LogP contribution in [0.15, 0.2) is 53.7 Å². The van der Waals surface area contributed by atoms with E-state index in [0.29, 0.717) is 27.2 Å². The number of thioether (sulfide) groups is 1. The molecule has 0 saturated carbocycles. The topological polar surface area (TPSA) is 115 Å². The smallest absolute Gasteiger partial charge is 0.341 e. The highest BCUT2D eigenvalue weighted by Gasteiger charge is 2.30. The van der Waals surface area contributed by atoms with Crippen LogP contribution in [0.25, 0.3) is 5.69 Å². The normalized spacial score (nSPS) is 13.0. The Morgan fingerprint density at radius 3 is 2.60 bits per heavy atom. The maximum absolute atomic E-state index is 14.1. The minimum atomic E-state index is -0.679. The summed E-state index contributed by atoms with van der Waals surface area (Å²) in [5, 5.41) is 14.1. The molecule has 2 aromatic carbocycles. The van der Waals surface area contributed by atoms with Gasteiger partial charge >= 0.3 is 5.97 Å². The fourth-order valence-corrected chi connectivity index (χ4v) is 6.74. The van der Waals surface area contributed by atoms with Crippen LogP contribution in [0.5, 0.6) is 0 Å². The molecular formula is C29H27F2N5O4S2. The van der Waals surface area contributed by atoms with Gasteiger partial charge in [-0.2, -0.15) is 0 Å². The Morgan fingerprint density at radius 1 is 1.10 bits per heavy atom. The maximum Gasteiger partial charge on any atom is 0.341 e. The first-order valence-corrected chi connectivity index (χ1v) is 15.0. The molecule has 5 rings (SSSR count). The van der Waals surface area contributed by atoms with Crippen LogP contribution in [0.1, 0.15) is 57.2 Å². The van der Waals surface area contributed by atoms with Gasteiger partial charge in [-0.15, -0.1) is 21.5 Å². The Kier molecular flexibility index (Phi) is 8.97. The number of ether oxygens (including phenoxy) is 1. The van der Waals surface area contributed by atoms with E-state index in [1.54, 1.807) is 24.5 Å². The van der Waals surface area contributed by atoms with Crippen LogP contribution in [0.3, 0.4) is 0 Å². The third-order valence-corrected chi connectivity index (χ3v) is 8.85. The van der Waals surface area contributed by atoms with Crippen molar-refractivity contribution >= 4 is 45.9 Å². The van der Waals surface area contributed by atoms with Gasteiger partial charge in [0.25, 0.3) is 5.91 Å². The monoisotopic (exact) mass is 611 g/mol. The second-order valence-electron chi connectivity index (χ2n) is 9.40. The van der Waals surface area contributed by atoms with Crippen molar-refractivity contribution < 1.29 is 27.9 Å². The first kappa shape index (κ1) is 29.4. The number of halogens is 2. The fourth-order valence-electron chi connectivity index (χ4n) is 4.58. The Morgan fingerprint density at radius 2 is 1.86 bits per heavy atom. The number of carbonyl (C=O) groups is 3. The van der Waals surface area contributed by atoms with Crippen molar-refractivity contribution in [2.45, 2.75) is 50.1 Å². The van der Waals surface area contributed by atoms with E-state index in [0.717, 1.165) is 41.5 Å². The number of hydrogen-bond acceptors (Lipinski definition) is 8. The van der Waals surface area contributed by atoms with E-state index in [4.69, 9.17) is 4.74 Å². The number of esters is 1. The molecule has 0 fully saturated rings. The summed E-state index contributed by atoms with van der Waals surface area (Å²) >= 11 is 2.50. The number of nitrogens with zero attached hydrogens (tertiary/aromatic N) is 3. The molecule has 42 heavy (non-hydrogen) atoms. The second kappa shape index (κ2) is 12.8. The molecular weight excluding hydrogens is 584 g/mol. The largest absolute Gasteiger partial charge is 0.462 e. The summed E-state index contributed by atoms with van der Waals surface area (Å²) < 4.78 is 34.6. The molecule has 0 radical (unpaired) electrons. The maximum atomic E-state index is 14.1. The first-order valence-electron chi connectivity index (χ1n) is 13.3. The fraction of sp³-hybridized carbons (Fsp3) is 0.276. The highest BCUT2D eigenvalue weighted by atomic mass is 32.2. The van der Waals surface area contributed by atoms with Crippen LogP contribution in [-0.2, 0) is 28.9 Å². The van der Waals surface area contributed by atoms with E-state index in [-0.39, 0.29) is 24.6 Å². The number of aromatic nitrogens is 3. The van der Waals surface area contributed by atoms with Crippen LogP contribution in [-0.4, -0.2) is 44.4 Å². The van der Waals surface area contributed by atoms with Gasteiger partial charge in [0.1, 0.15) is 16.6 Å². The van der Waals surface area contributed by atoms with Gasteiger partial charge in [-0.3, -0.25) is 14.2 Å². The number of nitrogens with one attached hydrogen (secondary N) is 2. The number of amides is 2. The van der Waals surface area contributed by atoms with Crippen molar-refractivity contribution in [3.8, 4) is 5.69 Å². The molecule has 1 unspecified atom stereocenters. The molecule has 0 saturated heterocycles. The molecule has 1 atom stereocenters. The standard InChI is InChI=1S/C29H27F2N5O4S2/c1-3-40-28(39)24-20-8-6-10-22(20)42-27(24)33-25(37)16(2)41-29-35-34-23(36(29)18-13-11-17(30)12-14-18)15-32-26(38)19-7-4-5-9-21(19)31/h4-5,7,9,11-14,16H,3,6,8,10,15H2,1-2H3,(H,32,38)(H,33,37). The van der Waals surface area contributed by atoms with Crippen LogP contribution in [0.2, 0.25) is 0 Å². The highest BCUT2D eigenvalue weighted by molar-refractivity contribution is 8.00. The minimum absolute atomic E-state index is 0.109. The van der Waals surface area contributed by atoms with Gasteiger partial charge in [-0.25, -0.2) is 13.6 Å². The van der Waals surface area contributed by atoms with Gasteiger partial charge in [0.15, 0.2) is 11.0 Å². The number of fused-ring (bicyclic) bond motifs is 1. The number of benzene rings is 2. The lowest BCUT2D eigenvalue weighted by atomic mass is 10.1. The molecule has 1 aliphatic carbocycles. The zero-order valence-electron chi connectivity index (χ0n) is 22.8. The Hall–Kier alpha value is -4.10. The first-order chi connectivity index (χ1) is 20.3. The van der Waals surface area contributed by atoms with E-state index in [1.165, 1.54) is 53.8 Å². The van der Waals surface area contributed by atoms with Crippen LogP contribution in [0.4, 0.5) is 13.8 Å². The lowest BCUT2D eigenvalue weighted by Gasteiger charge is -2.14. The number of rotatable bonds is 10. The van der Waals surface area contributed by atoms with Crippen LogP contribution in [0, 0.1) is 11.6 Å². The molecule has 0 spiro atoms. The van der Waals surface area contributed by atoms with Gasteiger partial charge in [0.05, 0.1) is 29.5 Å². The molecule has 0 aliphatic heterocycles. The number of carbonyl (C=O) groups excluding carboxylic acids is 3. The third-order valence-electron chi connectivity index (χ3n) is 6.60. The van der Waals surface area contributed by atoms with Gasteiger partial charge in [0.2, 0.25) is 5.91 Å². The Labute approximate surface area is 248 Å². The SMILES string of the molecule is CCOC(=O)c1c(NC(=O)C(C)Sc2nnc(CNC(=O)c3ccccc3F)n2-c2ccc(F)cc2)sc2c1CCC2. The van der Waals surface area contributed by atoms with E-state index in [9.17, 15) is 23.2 Å². The van der Waals surface area contributed by atoms with E-state index in [1.807, 2.05) is 0 Å². The van der Waals surface area contributed by atoms with Crippen molar-refractivity contribution in [1.82, 2.24) is 20.1 Å². The molecule has 2 heterocycles. The number of hydrogen-bond donors (Lipinski definition) is 2. The highest BCUT2D eigenvalue weighted by Crippen LogP contribution is 2.40. The predicted octanol–water partition coefficient (Wildman–Crippen LogP) is 5.32. The molecule has 0 bridgehead atoms. The van der Waals surface area contributed by atoms with Gasteiger partial charge in [-0.05, 0) is 75.1 Å². The average Bonchev–Trinajstić information content (AvgIpc) is 3.67.